The highest BCUT2D eigenvalue weighted by Gasteiger charge is 2.44. The molecule has 1 saturated carbocycles. The molecule has 0 bridgehead atoms. The first-order chi connectivity index (χ1) is 7.87. The van der Waals surface area contributed by atoms with E-state index in [-0.39, 0.29) is 23.7 Å². The molecule has 0 amide bonds. The summed E-state index contributed by atoms with van der Waals surface area (Å²) in [5.41, 5.74) is -0.0456. The minimum atomic E-state index is -4.55. The van der Waals surface area contributed by atoms with Gasteiger partial charge in [0, 0.05) is 5.75 Å². The first kappa shape index (κ1) is 14.6. The molecule has 0 aromatic carbocycles. The summed E-state index contributed by atoms with van der Waals surface area (Å²) in [6.07, 6.45) is -2.31. The molecule has 100 valence electrons. The van der Waals surface area contributed by atoms with Crippen molar-refractivity contribution in [1.82, 2.24) is 0 Å². The summed E-state index contributed by atoms with van der Waals surface area (Å²) in [6.45, 7) is -0.345. The number of hydrogen-bond donors (Lipinski definition) is 0. The Kier molecular flexibility index (Phi) is 5.12. The third kappa shape index (κ3) is 6.16. The molecule has 1 aliphatic carbocycles. The van der Waals surface area contributed by atoms with Crippen molar-refractivity contribution in [1.29, 1.82) is 0 Å². The van der Waals surface area contributed by atoms with E-state index in [0.29, 0.717) is 12.2 Å². The van der Waals surface area contributed by atoms with Crippen LogP contribution in [0.1, 0.15) is 19.3 Å². The zero-order valence-electron chi connectivity index (χ0n) is 9.51. The number of rotatable bonds is 7. The van der Waals surface area contributed by atoms with E-state index in [4.69, 9.17) is 0 Å². The lowest BCUT2D eigenvalue weighted by atomic mass is 10.1. The summed E-state index contributed by atoms with van der Waals surface area (Å²) in [4.78, 5) is 11.1. The maximum Gasteiger partial charge on any atom is 0.522 e. The Morgan fingerprint density at radius 3 is 2.53 bits per heavy atom. The van der Waals surface area contributed by atoms with Crippen molar-refractivity contribution in [2.24, 2.45) is 5.41 Å². The Bertz CT molecular complexity index is 264. The van der Waals surface area contributed by atoms with Gasteiger partial charge in [0.2, 0.25) is 0 Å². The van der Waals surface area contributed by atoms with Crippen LogP contribution in [-0.2, 0) is 14.3 Å². The Balaban J connectivity index is 2.08. The van der Waals surface area contributed by atoms with Crippen LogP contribution in [0.4, 0.5) is 13.2 Å². The minimum Gasteiger partial charge on any atom is -0.469 e. The lowest BCUT2D eigenvalue weighted by molar-refractivity contribution is -0.322. The predicted octanol–water partition coefficient (Wildman–Crippen LogP) is 2.60. The third-order valence-electron chi connectivity index (χ3n) is 2.61. The highest BCUT2D eigenvalue weighted by Crippen LogP contribution is 2.51. The molecule has 0 saturated heterocycles. The average Bonchev–Trinajstić information content (AvgIpc) is 2.96. The lowest BCUT2D eigenvalue weighted by Crippen LogP contribution is -2.17. The van der Waals surface area contributed by atoms with Gasteiger partial charge in [0.25, 0.3) is 0 Å². The number of halogens is 3. The van der Waals surface area contributed by atoms with Crippen molar-refractivity contribution in [3.63, 3.8) is 0 Å². The fourth-order valence-corrected chi connectivity index (χ4v) is 2.60. The molecule has 0 N–H and O–H groups in total. The van der Waals surface area contributed by atoms with Gasteiger partial charge >= 0.3 is 12.3 Å². The fraction of sp³-hybridized carbons (Fsp3) is 0.900. The summed E-state index contributed by atoms with van der Waals surface area (Å²) in [5, 5.41) is 0. The van der Waals surface area contributed by atoms with Gasteiger partial charge in [-0.3, -0.25) is 9.53 Å². The van der Waals surface area contributed by atoms with Crippen molar-refractivity contribution < 1.29 is 27.4 Å². The van der Waals surface area contributed by atoms with E-state index in [1.54, 1.807) is 0 Å². The van der Waals surface area contributed by atoms with E-state index in [1.807, 2.05) is 0 Å². The number of carbonyl (C=O) groups is 1. The second-order valence-electron chi connectivity index (χ2n) is 4.10. The van der Waals surface area contributed by atoms with E-state index >= 15 is 0 Å². The Morgan fingerprint density at radius 1 is 1.41 bits per heavy atom. The number of methoxy groups -OCH3 is 1. The van der Waals surface area contributed by atoms with Crippen LogP contribution in [0, 0.1) is 5.41 Å². The molecule has 0 atom stereocenters. The Morgan fingerprint density at radius 2 is 2.06 bits per heavy atom. The number of ether oxygens (including phenoxy) is 2. The SMILES string of the molecule is COC(=O)CC1(CSCCOC(F)(F)F)CC1. The van der Waals surface area contributed by atoms with Crippen LogP contribution in [0.15, 0.2) is 0 Å². The summed E-state index contributed by atoms with van der Waals surface area (Å²) < 4.78 is 43.2. The Hall–Kier alpha value is -0.430. The van der Waals surface area contributed by atoms with Crippen LogP contribution >= 0.6 is 11.8 Å². The predicted molar refractivity (Wildman–Crippen MR) is 57.6 cm³/mol. The van der Waals surface area contributed by atoms with Gasteiger partial charge in [0.05, 0.1) is 20.1 Å². The number of carbonyl (C=O) groups excluding carboxylic acids is 1. The zero-order valence-corrected chi connectivity index (χ0v) is 10.3. The lowest BCUT2D eigenvalue weighted by Gasteiger charge is -2.13. The van der Waals surface area contributed by atoms with Crippen LogP contribution in [0.5, 0.6) is 0 Å². The van der Waals surface area contributed by atoms with Crippen LogP contribution in [0.25, 0.3) is 0 Å². The van der Waals surface area contributed by atoms with Crippen LogP contribution < -0.4 is 0 Å². The van der Waals surface area contributed by atoms with Gasteiger partial charge in [0.15, 0.2) is 0 Å². The summed E-state index contributed by atoms with van der Waals surface area (Å²) in [5.74, 6) is 0.709. The molecule has 0 heterocycles. The van der Waals surface area contributed by atoms with Crippen LogP contribution in [0.2, 0.25) is 0 Å². The largest absolute Gasteiger partial charge is 0.522 e. The molecule has 1 rings (SSSR count). The first-order valence-corrected chi connectivity index (χ1v) is 6.38. The van der Waals surface area contributed by atoms with Crippen molar-refractivity contribution in [3.05, 3.63) is 0 Å². The number of alkyl halides is 3. The summed E-state index contributed by atoms with van der Waals surface area (Å²) in [6, 6.07) is 0. The standard InChI is InChI=1S/C10H15F3O3S/c1-15-8(14)6-9(2-3-9)7-17-5-4-16-10(11,12)13/h2-7H2,1H3. The molecule has 0 aromatic heterocycles. The molecule has 17 heavy (non-hydrogen) atoms. The topological polar surface area (TPSA) is 35.5 Å². The maximum absolute atomic E-state index is 11.7. The van der Waals surface area contributed by atoms with Gasteiger partial charge in [-0.1, -0.05) is 0 Å². The number of hydrogen-bond acceptors (Lipinski definition) is 4. The molecule has 0 aromatic rings. The van der Waals surface area contributed by atoms with Crippen molar-refractivity contribution in [2.75, 3.05) is 25.2 Å². The third-order valence-corrected chi connectivity index (χ3v) is 3.88. The van der Waals surface area contributed by atoms with E-state index in [2.05, 4.69) is 9.47 Å². The van der Waals surface area contributed by atoms with E-state index in [1.165, 1.54) is 18.9 Å². The van der Waals surface area contributed by atoms with Crippen LogP contribution in [0.3, 0.4) is 0 Å². The smallest absolute Gasteiger partial charge is 0.469 e. The van der Waals surface area contributed by atoms with Gasteiger partial charge in [-0.2, -0.15) is 11.8 Å². The second-order valence-corrected chi connectivity index (χ2v) is 5.20. The summed E-state index contributed by atoms with van der Waals surface area (Å²) in [7, 11) is 1.34. The molecule has 7 heteroatoms. The van der Waals surface area contributed by atoms with Crippen molar-refractivity contribution in [3.8, 4) is 0 Å². The quantitative estimate of drug-likeness (QED) is 0.527. The van der Waals surface area contributed by atoms with Gasteiger partial charge in [-0.15, -0.1) is 13.2 Å². The number of thioether (sulfide) groups is 1. The number of esters is 1. The molecular weight excluding hydrogens is 257 g/mol. The molecule has 0 radical (unpaired) electrons. The summed E-state index contributed by atoms with van der Waals surface area (Å²) >= 11 is 1.38. The van der Waals surface area contributed by atoms with Gasteiger partial charge < -0.3 is 4.74 Å². The molecule has 0 unspecified atom stereocenters. The normalized spacial score (nSPS) is 17.9. The van der Waals surface area contributed by atoms with Crippen molar-refractivity contribution in [2.45, 2.75) is 25.6 Å². The van der Waals surface area contributed by atoms with Gasteiger partial charge in [-0.05, 0) is 24.0 Å². The molecule has 3 nitrogen and oxygen atoms in total. The van der Waals surface area contributed by atoms with Crippen LogP contribution in [-0.4, -0.2) is 37.6 Å². The average molecular weight is 272 g/mol. The molecule has 1 fully saturated rings. The van der Waals surface area contributed by atoms with E-state index in [9.17, 15) is 18.0 Å². The van der Waals surface area contributed by atoms with Gasteiger partial charge in [-0.25, -0.2) is 0 Å². The van der Waals surface area contributed by atoms with E-state index < -0.39 is 6.36 Å². The highest BCUT2D eigenvalue weighted by molar-refractivity contribution is 7.99. The second kappa shape index (κ2) is 5.95. The zero-order chi connectivity index (χ0) is 12.9. The highest BCUT2D eigenvalue weighted by atomic mass is 32.2. The molecule has 1 aliphatic rings. The van der Waals surface area contributed by atoms with Gasteiger partial charge in [0.1, 0.15) is 0 Å². The van der Waals surface area contributed by atoms with Crippen molar-refractivity contribution >= 4 is 17.7 Å². The van der Waals surface area contributed by atoms with E-state index in [0.717, 1.165) is 12.8 Å². The fourth-order valence-electron chi connectivity index (χ4n) is 1.43. The first-order valence-electron chi connectivity index (χ1n) is 5.22. The Labute approximate surface area is 102 Å². The molecule has 0 aliphatic heterocycles. The maximum atomic E-state index is 11.7. The molecular formula is C10H15F3O3S. The monoisotopic (exact) mass is 272 g/mol. The minimum absolute atomic E-state index is 0.0456. The molecule has 0 spiro atoms.